The lowest BCUT2D eigenvalue weighted by Crippen LogP contribution is -2.51. The number of amidine groups is 1. The Bertz CT molecular complexity index is 880. The number of piperidine rings is 1. The van der Waals surface area contributed by atoms with Crippen LogP contribution in [0.5, 0.6) is 0 Å². The smallest absolute Gasteiger partial charge is 0.241 e. The van der Waals surface area contributed by atoms with E-state index in [1.807, 2.05) is 11.9 Å². The van der Waals surface area contributed by atoms with Crippen molar-refractivity contribution in [2.45, 2.75) is 32.2 Å². The van der Waals surface area contributed by atoms with Crippen molar-refractivity contribution in [3.63, 3.8) is 0 Å². The third kappa shape index (κ3) is 5.52. The van der Waals surface area contributed by atoms with Crippen LogP contribution >= 0.6 is 23.2 Å². The number of hydrogen-bond donors (Lipinski definition) is 3. The molecule has 2 atom stereocenters. The number of nitrogens with two attached hydrogens (primary N) is 1. The lowest BCUT2D eigenvalue weighted by molar-refractivity contribution is -0.131. The van der Waals surface area contributed by atoms with Gasteiger partial charge in [-0.25, -0.2) is 0 Å². The zero-order valence-corrected chi connectivity index (χ0v) is 19.5. The van der Waals surface area contributed by atoms with E-state index in [-0.39, 0.29) is 24.4 Å². The van der Waals surface area contributed by atoms with Crippen molar-refractivity contribution in [2.24, 2.45) is 16.6 Å². The fourth-order valence-corrected chi connectivity index (χ4v) is 4.85. The zero-order chi connectivity index (χ0) is 22.5. The van der Waals surface area contributed by atoms with Crippen LogP contribution in [0, 0.1) is 11.3 Å². The maximum absolute atomic E-state index is 12.9. The molecule has 0 aliphatic carbocycles. The summed E-state index contributed by atoms with van der Waals surface area (Å²) < 4.78 is 0. The maximum atomic E-state index is 12.9. The standard InChI is InChI=1S/C22H30Cl2N6O/c1-3-14-11-28-22(26)19(10-25)21(14)29(2)18-5-4-6-30(13-18)20(31)12-27-17-8-15(23)7-16(24)9-17/h7-10,14,18,25,27H,3-6,11-13H2,1-2H3,(H2,26,28). The highest BCUT2D eigenvalue weighted by atomic mass is 35.5. The monoisotopic (exact) mass is 464 g/mol. The second-order valence-corrected chi connectivity index (χ2v) is 8.91. The molecular formula is C22H30Cl2N6O. The maximum Gasteiger partial charge on any atom is 0.241 e. The SMILES string of the molecule is CCC1CN=C(N)C(C=N)=C1N(C)C1CCCN(C(=O)CNc2cc(Cl)cc(Cl)c2)C1. The minimum atomic E-state index is 0.0345. The molecule has 0 aromatic heterocycles. The molecule has 1 fully saturated rings. The summed E-state index contributed by atoms with van der Waals surface area (Å²) in [6.45, 7) is 4.31. The van der Waals surface area contributed by atoms with Gasteiger partial charge in [0, 0.05) is 66.3 Å². The third-order valence-electron chi connectivity index (χ3n) is 6.04. The van der Waals surface area contributed by atoms with Crippen LogP contribution in [0.2, 0.25) is 10.0 Å². The average Bonchev–Trinajstić information content (AvgIpc) is 2.76. The predicted molar refractivity (Wildman–Crippen MR) is 128 cm³/mol. The Morgan fingerprint density at radius 3 is 2.74 bits per heavy atom. The largest absolute Gasteiger partial charge is 0.383 e. The van der Waals surface area contributed by atoms with Gasteiger partial charge < -0.3 is 26.3 Å². The number of aliphatic imine (C=N–C) groups is 1. The molecular weight excluding hydrogens is 435 g/mol. The second-order valence-electron chi connectivity index (χ2n) is 8.03. The number of anilines is 1. The van der Waals surface area contributed by atoms with E-state index in [0.29, 0.717) is 34.5 Å². The molecule has 7 nitrogen and oxygen atoms in total. The minimum Gasteiger partial charge on any atom is -0.383 e. The molecule has 0 spiro atoms. The van der Waals surface area contributed by atoms with Crippen molar-refractivity contribution in [1.29, 1.82) is 5.41 Å². The Balaban J connectivity index is 1.68. The molecule has 1 aromatic carbocycles. The van der Waals surface area contributed by atoms with Crippen LogP contribution in [-0.4, -0.2) is 67.0 Å². The molecule has 1 amide bonds. The highest BCUT2D eigenvalue weighted by Gasteiger charge is 2.32. The number of rotatable bonds is 7. The van der Waals surface area contributed by atoms with E-state index in [2.05, 4.69) is 22.1 Å². The topological polar surface area (TPSA) is 97.8 Å². The number of carbonyl (C=O) groups is 1. The molecule has 2 aliphatic heterocycles. The fourth-order valence-electron chi connectivity index (χ4n) is 4.32. The van der Waals surface area contributed by atoms with E-state index in [4.69, 9.17) is 34.3 Å². The van der Waals surface area contributed by atoms with Crippen molar-refractivity contribution in [3.05, 3.63) is 39.5 Å². The van der Waals surface area contributed by atoms with Gasteiger partial charge in [0.25, 0.3) is 0 Å². The molecule has 2 unspecified atom stereocenters. The highest BCUT2D eigenvalue weighted by molar-refractivity contribution is 6.35. The minimum absolute atomic E-state index is 0.0345. The summed E-state index contributed by atoms with van der Waals surface area (Å²) in [5.41, 5.74) is 8.56. The van der Waals surface area contributed by atoms with E-state index in [0.717, 1.165) is 37.2 Å². The van der Waals surface area contributed by atoms with Gasteiger partial charge in [-0.1, -0.05) is 30.1 Å². The van der Waals surface area contributed by atoms with Crippen molar-refractivity contribution < 1.29 is 4.79 Å². The van der Waals surface area contributed by atoms with Gasteiger partial charge in [-0.3, -0.25) is 9.79 Å². The number of amides is 1. The molecule has 1 saturated heterocycles. The first-order valence-corrected chi connectivity index (χ1v) is 11.3. The number of halogens is 2. The summed E-state index contributed by atoms with van der Waals surface area (Å²) in [5, 5.41) is 12.0. The summed E-state index contributed by atoms with van der Waals surface area (Å²) in [6.07, 6.45) is 4.14. The summed E-state index contributed by atoms with van der Waals surface area (Å²) in [7, 11) is 2.05. The molecule has 168 valence electrons. The Morgan fingerprint density at radius 2 is 2.10 bits per heavy atom. The quantitative estimate of drug-likeness (QED) is 0.536. The number of likely N-dealkylation sites (tertiary alicyclic amines) is 1. The number of carbonyl (C=O) groups excluding carboxylic acids is 1. The van der Waals surface area contributed by atoms with E-state index in [1.165, 1.54) is 6.21 Å². The highest BCUT2D eigenvalue weighted by Crippen LogP contribution is 2.30. The lowest BCUT2D eigenvalue weighted by Gasteiger charge is -2.42. The Morgan fingerprint density at radius 1 is 1.39 bits per heavy atom. The van der Waals surface area contributed by atoms with Gasteiger partial charge in [0.05, 0.1) is 12.1 Å². The predicted octanol–water partition coefficient (Wildman–Crippen LogP) is 3.63. The lowest BCUT2D eigenvalue weighted by atomic mass is 9.92. The first kappa shape index (κ1) is 23.4. The molecule has 0 bridgehead atoms. The fraction of sp³-hybridized carbons (Fsp3) is 0.500. The van der Waals surface area contributed by atoms with E-state index >= 15 is 0 Å². The van der Waals surface area contributed by atoms with Crippen molar-refractivity contribution in [2.75, 3.05) is 38.5 Å². The summed E-state index contributed by atoms with van der Waals surface area (Å²) in [6, 6.07) is 5.32. The van der Waals surface area contributed by atoms with Crippen LogP contribution < -0.4 is 11.1 Å². The van der Waals surface area contributed by atoms with Gasteiger partial charge >= 0.3 is 0 Å². The number of dihydropyridines is 1. The third-order valence-corrected chi connectivity index (χ3v) is 6.48. The number of nitrogens with one attached hydrogen (secondary N) is 2. The van der Waals surface area contributed by atoms with Gasteiger partial charge in [0.1, 0.15) is 5.84 Å². The number of benzene rings is 1. The van der Waals surface area contributed by atoms with Crippen molar-refractivity contribution in [1.82, 2.24) is 9.80 Å². The van der Waals surface area contributed by atoms with Crippen LogP contribution in [0.3, 0.4) is 0 Å². The van der Waals surface area contributed by atoms with Crippen LogP contribution in [-0.2, 0) is 4.79 Å². The normalized spacial score (nSPS) is 21.5. The van der Waals surface area contributed by atoms with E-state index in [9.17, 15) is 4.79 Å². The van der Waals surface area contributed by atoms with Crippen molar-refractivity contribution >= 4 is 46.8 Å². The summed E-state index contributed by atoms with van der Waals surface area (Å²) in [4.78, 5) is 21.4. The van der Waals surface area contributed by atoms with Crippen LogP contribution in [0.1, 0.15) is 26.2 Å². The number of nitrogens with zero attached hydrogens (tertiary/aromatic N) is 3. The Labute approximate surface area is 193 Å². The van der Waals surface area contributed by atoms with Gasteiger partial charge in [-0.15, -0.1) is 0 Å². The Hall–Kier alpha value is -2.25. The van der Waals surface area contributed by atoms with Gasteiger partial charge in [-0.2, -0.15) is 0 Å². The number of hydrogen-bond acceptors (Lipinski definition) is 6. The molecule has 2 heterocycles. The van der Waals surface area contributed by atoms with Crippen LogP contribution in [0.15, 0.2) is 34.5 Å². The second kappa shape index (κ2) is 10.4. The molecule has 0 radical (unpaired) electrons. The van der Waals surface area contributed by atoms with Gasteiger partial charge in [0.15, 0.2) is 0 Å². The van der Waals surface area contributed by atoms with Gasteiger partial charge in [-0.05, 0) is 37.5 Å². The number of likely N-dealkylation sites (N-methyl/N-ethyl adjacent to an activating group) is 1. The van der Waals surface area contributed by atoms with E-state index < -0.39 is 0 Å². The molecule has 2 aliphatic rings. The first-order chi connectivity index (χ1) is 14.8. The van der Waals surface area contributed by atoms with Gasteiger partial charge in [0.2, 0.25) is 5.91 Å². The zero-order valence-electron chi connectivity index (χ0n) is 18.0. The average molecular weight is 465 g/mol. The molecule has 3 rings (SSSR count). The summed E-state index contributed by atoms with van der Waals surface area (Å²) >= 11 is 12.1. The molecule has 1 aromatic rings. The molecule has 31 heavy (non-hydrogen) atoms. The Kier molecular flexibility index (Phi) is 7.84. The van der Waals surface area contributed by atoms with Crippen molar-refractivity contribution in [3.8, 4) is 0 Å². The first-order valence-electron chi connectivity index (χ1n) is 10.6. The summed E-state index contributed by atoms with van der Waals surface area (Å²) in [5.74, 6) is 0.691. The van der Waals surface area contributed by atoms with Crippen LogP contribution in [0.4, 0.5) is 5.69 Å². The molecule has 9 heteroatoms. The van der Waals surface area contributed by atoms with Crippen LogP contribution in [0.25, 0.3) is 0 Å². The molecule has 4 N–H and O–H groups in total. The van der Waals surface area contributed by atoms with E-state index in [1.54, 1.807) is 18.2 Å². The molecule has 0 saturated carbocycles.